The second-order valence-corrected chi connectivity index (χ2v) is 6.43. The average molecular weight is 425 g/mol. The molecular formula is C18H15F4N5O3. The van der Waals surface area contributed by atoms with E-state index >= 15 is 0 Å². The van der Waals surface area contributed by atoms with Crippen LogP contribution < -0.4 is 15.1 Å². The van der Waals surface area contributed by atoms with E-state index in [1.54, 1.807) is 25.9 Å². The molecule has 0 aliphatic heterocycles. The first-order chi connectivity index (χ1) is 14.0. The maximum atomic E-state index is 13.5. The van der Waals surface area contributed by atoms with E-state index in [0.717, 1.165) is 6.07 Å². The van der Waals surface area contributed by atoms with Crippen molar-refractivity contribution in [3.05, 3.63) is 41.5 Å². The van der Waals surface area contributed by atoms with Crippen molar-refractivity contribution in [3.63, 3.8) is 0 Å². The molecule has 0 saturated carbocycles. The van der Waals surface area contributed by atoms with Gasteiger partial charge in [0.05, 0.1) is 39.9 Å². The molecule has 0 spiro atoms. The van der Waals surface area contributed by atoms with E-state index in [2.05, 4.69) is 15.5 Å². The number of aryl methyl sites for hydroxylation is 1. The van der Waals surface area contributed by atoms with Crippen LogP contribution in [-0.4, -0.2) is 36.7 Å². The Bertz CT molecular complexity index is 1130. The van der Waals surface area contributed by atoms with Gasteiger partial charge in [0.1, 0.15) is 5.82 Å². The van der Waals surface area contributed by atoms with Crippen LogP contribution in [0.3, 0.4) is 0 Å². The van der Waals surface area contributed by atoms with E-state index in [0.29, 0.717) is 33.8 Å². The van der Waals surface area contributed by atoms with Gasteiger partial charge in [0.2, 0.25) is 6.41 Å². The van der Waals surface area contributed by atoms with Crippen LogP contribution in [0.15, 0.2) is 28.9 Å². The quantitative estimate of drug-likeness (QED) is 0.503. The minimum absolute atomic E-state index is 0.0225. The molecule has 2 heterocycles. The van der Waals surface area contributed by atoms with Gasteiger partial charge in [0.15, 0.2) is 0 Å². The minimum Gasteiger partial charge on any atom is -0.375 e. The predicted octanol–water partition coefficient (Wildman–Crippen LogP) is 3.95. The van der Waals surface area contributed by atoms with Crippen LogP contribution in [0.2, 0.25) is 0 Å². The smallest absolute Gasteiger partial charge is 0.375 e. The summed E-state index contributed by atoms with van der Waals surface area (Å²) in [4.78, 5) is 30.2. The number of imide groups is 1. The fraction of sp³-hybridized carbons (Fsp3) is 0.222. The summed E-state index contributed by atoms with van der Waals surface area (Å²) in [5.74, 6) is -1.52. The van der Waals surface area contributed by atoms with Gasteiger partial charge in [-0.2, -0.15) is 13.2 Å². The molecule has 0 bridgehead atoms. The number of pyridine rings is 1. The molecule has 0 atom stereocenters. The first-order valence-corrected chi connectivity index (χ1v) is 8.39. The van der Waals surface area contributed by atoms with E-state index in [9.17, 15) is 27.2 Å². The molecule has 30 heavy (non-hydrogen) atoms. The molecule has 3 amide bonds. The highest BCUT2D eigenvalue weighted by molar-refractivity contribution is 6.14. The average Bonchev–Trinajstić information content (AvgIpc) is 3.03. The number of urea groups is 1. The molecule has 1 aromatic carbocycles. The van der Waals surface area contributed by atoms with E-state index in [1.807, 2.05) is 0 Å². The van der Waals surface area contributed by atoms with Gasteiger partial charge in [0.25, 0.3) is 5.71 Å². The van der Waals surface area contributed by atoms with Crippen LogP contribution in [0.25, 0.3) is 11.1 Å². The van der Waals surface area contributed by atoms with Crippen LogP contribution in [0, 0.1) is 12.7 Å². The topological polar surface area (TPSA) is 91.6 Å². The fourth-order valence-electron chi connectivity index (χ4n) is 2.88. The minimum atomic E-state index is -5.00. The monoisotopic (exact) mass is 425 g/mol. The number of fused-ring (bicyclic) bond motifs is 1. The lowest BCUT2D eigenvalue weighted by Crippen LogP contribution is -2.34. The van der Waals surface area contributed by atoms with Gasteiger partial charge in [0, 0.05) is 14.1 Å². The molecular weight excluding hydrogens is 410 g/mol. The van der Waals surface area contributed by atoms with Crippen molar-refractivity contribution in [2.75, 3.05) is 29.2 Å². The Morgan fingerprint density at radius 2 is 1.97 bits per heavy atom. The molecule has 0 saturated heterocycles. The number of benzene rings is 1. The molecule has 12 heteroatoms. The van der Waals surface area contributed by atoms with Crippen molar-refractivity contribution < 1.29 is 31.7 Å². The van der Waals surface area contributed by atoms with Gasteiger partial charge in [-0.05, 0) is 25.1 Å². The van der Waals surface area contributed by atoms with Crippen molar-refractivity contribution >= 4 is 40.6 Å². The highest BCUT2D eigenvalue weighted by Gasteiger charge is 2.35. The number of rotatable bonds is 4. The normalized spacial score (nSPS) is 11.4. The van der Waals surface area contributed by atoms with Crippen LogP contribution in [0.4, 0.5) is 39.4 Å². The molecule has 3 rings (SSSR count). The largest absolute Gasteiger partial charge is 0.419 e. The van der Waals surface area contributed by atoms with E-state index in [-0.39, 0.29) is 17.8 Å². The molecule has 0 aliphatic carbocycles. The first kappa shape index (κ1) is 21.0. The summed E-state index contributed by atoms with van der Waals surface area (Å²) < 4.78 is 57.5. The molecule has 1 N–H and O–H groups in total. The van der Waals surface area contributed by atoms with E-state index in [1.165, 1.54) is 6.20 Å². The van der Waals surface area contributed by atoms with E-state index in [4.69, 9.17) is 4.52 Å². The Hall–Kier alpha value is -3.70. The van der Waals surface area contributed by atoms with Gasteiger partial charge in [-0.1, -0.05) is 5.16 Å². The molecule has 0 unspecified atom stereocenters. The Morgan fingerprint density at radius 1 is 1.27 bits per heavy atom. The number of nitrogens with zero attached hydrogens (tertiary/aromatic N) is 4. The summed E-state index contributed by atoms with van der Waals surface area (Å²) in [5, 5.41) is 6.75. The van der Waals surface area contributed by atoms with Crippen molar-refractivity contribution in [2.45, 2.75) is 13.1 Å². The number of carbonyl (C=O) groups excluding carboxylic acids is 2. The summed E-state index contributed by atoms with van der Waals surface area (Å²) in [6.45, 7) is 1.67. The molecule has 0 radical (unpaired) electrons. The number of carbonyl (C=O) groups is 2. The van der Waals surface area contributed by atoms with Gasteiger partial charge >= 0.3 is 12.2 Å². The second-order valence-electron chi connectivity index (χ2n) is 6.43. The highest BCUT2D eigenvalue weighted by atomic mass is 19.4. The number of alkyl halides is 3. The maximum absolute atomic E-state index is 13.5. The highest BCUT2D eigenvalue weighted by Crippen LogP contribution is 2.36. The number of nitrogens with one attached hydrogen (secondary N) is 1. The Kier molecular flexibility index (Phi) is 5.33. The van der Waals surface area contributed by atoms with Gasteiger partial charge < -0.3 is 14.7 Å². The second kappa shape index (κ2) is 7.61. The zero-order valence-electron chi connectivity index (χ0n) is 15.9. The summed E-state index contributed by atoms with van der Waals surface area (Å²) in [6.07, 6.45) is -3.71. The van der Waals surface area contributed by atoms with Crippen LogP contribution in [0.5, 0.6) is 0 Å². The van der Waals surface area contributed by atoms with Gasteiger partial charge in [-0.15, -0.1) is 0 Å². The third-order valence-electron chi connectivity index (χ3n) is 4.19. The number of hydrogen-bond acceptors (Lipinski definition) is 6. The lowest BCUT2D eigenvalue weighted by Gasteiger charge is -2.21. The number of hydrogen-bond donors (Lipinski definition) is 1. The molecule has 2 aromatic heterocycles. The Labute approximate surface area is 167 Å². The van der Waals surface area contributed by atoms with Crippen LogP contribution >= 0.6 is 0 Å². The Morgan fingerprint density at radius 3 is 2.57 bits per heavy atom. The molecule has 0 fully saturated rings. The van der Waals surface area contributed by atoms with Crippen LogP contribution in [0.1, 0.15) is 11.3 Å². The van der Waals surface area contributed by atoms with Crippen molar-refractivity contribution in [1.82, 2.24) is 10.1 Å². The number of halogens is 4. The molecule has 158 valence electrons. The van der Waals surface area contributed by atoms with Gasteiger partial charge in [-0.3, -0.25) is 4.79 Å². The summed E-state index contributed by atoms with van der Waals surface area (Å²) in [6, 6.07) is 0.725. The molecule has 0 aliphatic rings. The fourth-order valence-corrected chi connectivity index (χ4v) is 2.88. The van der Waals surface area contributed by atoms with Crippen molar-refractivity contribution in [3.8, 4) is 0 Å². The maximum Gasteiger partial charge on any atom is 0.419 e. The van der Waals surface area contributed by atoms with Gasteiger partial charge in [-0.25, -0.2) is 19.1 Å². The number of aromatic nitrogens is 2. The lowest BCUT2D eigenvalue weighted by molar-refractivity contribution is -0.140. The summed E-state index contributed by atoms with van der Waals surface area (Å²) in [5.41, 5.74) is -0.718. The summed E-state index contributed by atoms with van der Waals surface area (Å²) >= 11 is 0. The third-order valence-corrected chi connectivity index (χ3v) is 4.19. The van der Waals surface area contributed by atoms with Crippen molar-refractivity contribution in [2.24, 2.45) is 0 Å². The summed E-state index contributed by atoms with van der Waals surface area (Å²) in [7, 11) is 3.37. The number of amides is 3. The molecule has 8 nitrogen and oxygen atoms in total. The van der Waals surface area contributed by atoms with Crippen LogP contribution in [-0.2, 0) is 11.0 Å². The zero-order chi connectivity index (χ0) is 22.2. The predicted molar refractivity (Wildman–Crippen MR) is 99.8 cm³/mol. The standard InChI is InChI=1S/C18H15F4N5O3/c1-9-14-15(26(2)3)13(7-23-16(14)30-25-9)24-17(29)27(8-28)10-4-5-12(19)11(6-10)18(20,21)22/h4-8H,1-3H3,(H,24,29). The first-order valence-electron chi connectivity index (χ1n) is 8.39. The lowest BCUT2D eigenvalue weighted by atomic mass is 10.1. The zero-order valence-corrected chi connectivity index (χ0v) is 15.9. The van der Waals surface area contributed by atoms with Crippen molar-refractivity contribution in [1.29, 1.82) is 0 Å². The third kappa shape index (κ3) is 3.75. The van der Waals surface area contributed by atoms with E-state index < -0.39 is 29.3 Å². The molecule has 3 aromatic rings. The Balaban J connectivity index is 2.00. The SMILES string of the molecule is Cc1noc2ncc(NC(=O)N(C=O)c3ccc(F)c(C(F)(F)F)c3)c(N(C)C)c12. The number of anilines is 3.